The van der Waals surface area contributed by atoms with E-state index in [4.69, 9.17) is 0 Å². The molecule has 0 aromatic rings. The Labute approximate surface area is 96.6 Å². The van der Waals surface area contributed by atoms with Gasteiger partial charge in [0.15, 0.2) is 0 Å². The molecular formula is AuB3F12. The van der Waals surface area contributed by atoms with E-state index < -0.39 is 21.8 Å². The van der Waals surface area contributed by atoms with Crippen molar-refractivity contribution in [3.8, 4) is 0 Å². The molecule has 0 aliphatic rings. The zero-order valence-corrected chi connectivity index (χ0v) is 8.74. The van der Waals surface area contributed by atoms with Gasteiger partial charge in [-0.1, -0.05) is 0 Å². The van der Waals surface area contributed by atoms with E-state index in [0.717, 1.165) is 0 Å². The van der Waals surface area contributed by atoms with Gasteiger partial charge in [-0.25, -0.2) is 0 Å². The summed E-state index contributed by atoms with van der Waals surface area (Å²) in [6.07, 6.45) is 0. The third kappa shape index (κ3) is 267000. The fourth-order valence-corrected chi connectivity index (χ4v) is 0. The molecule has 0 spiro atoms. The molecule has 0 aliphatic heterocycles. The molecule has 0 unspecified atom stereocenters. The molecule has 16 heavy (non-hydrogen) atoms. The van der Waals surface area contributed by atoms with Gasteiger partial charge in [0.25, 0.3) is 0 Å². The zero-order chi connectivity index (χ0) is 13.5. The minimum Gasteiger partial charge on any atom is -0.418 e. The molecule has 0 N–H and O–H groups in total. The Morgan fingerprint density at radius 3 is 0.312 bits per heavy atom. The summed E-state index contributed by atoms with van der Waals surface area (Å²) in [6, 6.07) is 0. The number of halogens is 12. The molecule has 0 amide bonds. The molecule has 0 rings (SSSR count). The van der Waals surface area contributed by atoms with Crippen LogP contribution in [0.15, 0.2) is 0 Å². The average molecular weight is 457 g/mol. The van der Waals surface area contributed by atoms with Crippen LogP contribution in [0.3, 0.4) is 0 Å². The van der Waals surface area contributed by atoms with E-state index >= 15 is 0 Å². The summed E-state index contributed by atoms with van der Waals surface area (Å²) in [7, 11) is -18.0. The Bertz CT molecular complexity index is 91.3. The van der Waals surface area contributed by atoms with Gasteiger partial charge < -0.3 is 51.8 Å². The monoisotopic (exact) mass is 458 g/mol. The van der Waals surface area contributed by atoms with Crippen LogP contribution < -0.4 is 0 Å². The van der Waals surface area contributed by atoms with E-state index in [1.165, 1.54) is 0 Å². The summed E-state index contributed by atoms with van der Waals surface area (Å²) in [6.45, 7) is 0. The van der Waals surface area contributed by atoms with Crippen LogP contribution in [0.2, 0.25) is 0 Å². The molecule has 0 atom stereocenters. The first-order valence-electron chi connectivity index (χ1n) is 2.62. The van der Waals surface area contributed by atoms with Gasteiger partial charge in [0.1, 0.15) is 0 Å². The predicted molar refractivity (Wildman–Crippen MR) is 30.6 cm³/mol. The number of hydrogen-bond donors (Lipinski definition) is 0. The van der Waals surface area contributed by atoms with Gasteiger partial charge in [0.2, 0.25) is 0 Å². The molecule has 104 valence electrons. The number of hydrogen-bond acceptors (Lipinski definition) is 0. The van der Waals surface area contributed by atoms with Crippen molar-refractivity contribution in [3.05, 3.63) is 0 Å². The molecular weight excluding hydrogens is 457 g/mol. The standard InChI is InChI=1S/Au.3BF4/c;3*2-1(3,4)5/q+3;3*-1. The van der Waals surface area contributed by atoms with Crippen molar-refractivity contribution in [3.63, 3.8) is 0 Å². The predicted octanol–water partition coefficient (Wildman–Crippen LogP) is 3.90. The van der Waals surface area contributed by atoms with E-state index in [0.29, 0.717) is 0 Å². The summed E-state index contributed by atoms with van der Waals surface area (Å²) in [4.78, 5) is 0. The molecule has 0 bridgehead atoms. The van der Waals surface area contributed by atoms with Crippen LogP contribution in [-0.4, -0.2) is 21.8 Å². The molecule has 0 aromatic carbocycles. The summed E-state index contributed by atoms with van der Waals surface area (Å²) in [5.41, 5.74) is 0. The van der Waals surface area contributed by atoms with Crippen LogP contribution >= 0.6 is 0 Å². The quantitative estimate of drug-likeness (QED) is 0.383. The van der Waals surface area contributed by atoms with Gasteiger partial charge in [-0.15, -0.1) is 0 Å². The van der Waals surface area contributed by atoms with E-state index in [-0.39, 0.29) is 22.4 Å². The first kappa shape index (κ1) is 25.1. The van der Waals surface area contributed by atoms with Gasteiger partial charge >= 0.3 is 44.1 Å². The van der Waals surface area contributed by atoms with Gasteiger partial charge in [-0.2, -0.15) is 0 Å². The van der Waals surface area contributed by atoms with E-state index in [2.05, 4.69) is 0 Å². The maximum Gasteiger partial charge on any atom is 3.00 e. The smallest absolute Gasteiger partial charge is 0.418 e. The van der Waals surface area contributed by atoms with Crippen LogP contribution in [-0.2, 0) is 22.4 Å². The van der Waals surface area contributed by atoms with Crippen molar-refractivity contribution in [2.75, 3.05) is 0 Å². The molecule has 0 aliphatic carbocycles. The van der Waals surface area contributed by atoms with E-state index in [9.17, 15) is 51.8 Å². The van der Waals surface area contributed by atoms with Crippen molar-refractivity contribution < 1.29 is 74.2 Å². The second-order valence-electron chi connectivity index (χ2n) is 1.48. The SMILES string of the molecule is F[B-](F)(F)F.F[B-](F)(F)F.F[B-](F)(F)F.[Au+3]. The van der Waals surface area contributed by atoms with Crippen molar-refractivity contribution in [1.29, 1.82) is 0 Å². The van der Waals surface area contributed by atoms with Gasteiger partial charge in [-0.05, 0) is 0 Å². The van der Waals surface area contributed by atoms with Gasteiger partial charge in [0.05, 0.1) is 0 Å². The average Bonchev–Trinajstić information content (AvgIpc) is 1.41. The molecule has 0 radical (unpaired) electrons. The summed E-state index contributed by atoms with van der Waals surface area (Å²) < 4.78 is 117. The Morgan fingerprint density at radius 2 is 0.312 bits per heavy atom. The third-order valence-corrected chi connectivity index (χ3v) is 0. The topological polar surface area (TPSA) is 0 Å². The largest absolute Gasteiger partial charge is 3.00 e. The molecule has 0 heterocycles. The normalized spacial score (nSPS) is 11.2. The van der Waals surface area contributed by atoms with Crippen molar-refractivity contribution in [1.82, 2.24) is 0 Å². The van der Waals surface area contributed by atoms with Crippen LogP contribution in [0, 0.1) is 0 Å². The first-order valence-corrected chi connectivity index (χ1v) is 2.62. The fourth-order valence-electron chi connectivity index (χ4n) is 0. The van der Waals surface area contributed by atoms with Crippen LogP contribution in [0.5, 0.6) is 0 Å². The number of rotatable bonds is 0. The van der Waals surface area contributed by atoms with E-state index in [1.54, 1.807) is 0 Å². The molecule has 0 nitrogen and oxygen atoms in total. The second kappa shape index (κ2) is 9.16. The maximum atomic E-state index is 9.75. The maximum absolute atomic E-state index is 9.75. The molecule has 0 saturated carbocycles. The molecule has 0 fully saturated rings. The Hall–Kier alpha value is 0.0951. The zero-order valence-electron chi connectivity index (χ0n) is 6.57. The summed E-state index contributed by atoms with van der Waals surface area (Å²) in [5.74, 6) is 0. The Balaban J connectivity index is -0.0000000655. The van der Waals surface area contributed by atoms with Crippen LogP contribution in [0.4, 0.5) is 51.8 Å². The summed E-state index contributed by atoms with van der Waals surface area (Å²) >= 11 is 0. The molecule has 0 aromatic heterocycles. The van der Waals surface area contributed by atoms with Crippen molar-refractivity contribution in [2.45, 2.75) is 0 Å². The third-order valence-electron chi connectivity index (χ3n) is 0. The van der Waals surface area contributed by atoms with Crippen molar-refractivity contribution >= 4 is 21.8 Å². The first-order chi connectivity index (χ1) is 6.00. The van der Waals surface area contributed by atoms with Crippen LogP contribution in [0.1, 0.15) is 0 Å². The summed E-state index contributed by atoms with van der Waals surface area (Å²) in [5, 5.41) is 0. The van der Waals surface area contributed by atoms with Gasteiger partial charge in [-0.3, -0.25) is 0 Å². The van der Waals surface area contributed by atoms with Crippen molar-refractivity contribution in [2.24, 2.45) is 0 Å². The molecule has 0 saturated heterocycles. The fraction of sp³-hybridized carbons (Fsp3) is 0. The minimum atomic E-state index is -6.00. The van der Waals surface area contributed by atoms with E-state index in [1.807, 2.05) is 0 Å². The minimum absolute atomic E-state index is 0. The van der Waals surface area contributed by atoms with Crippen LogP contribution in [0.25, 0.3) is 0 Å². The second-order valence-corrected chi connectivity index (χ2v) is 1.48. The Morgan fingerprint density at radius 1 is 0.312 bits per heavy atom. The molecule has 16 heteroatoms. The Kier molecular flexibility index (Phi) is 14.4. The van der Waals surface area contributed by atoms with Gasteiger partial charge in [0, 0.05) is 0 Å².